The van der Waals surface area contributed by atoms with Gasteiger partial charge in [0.15, 0.2) is 0 Å². The van der Waals surface area contributed by atoms with Gasteiger partial charge in [-0.05, 0) is 48.7 Å². The monoisotopic (exact) mass is 334 g/mol. The van der Waals surface area contributed by atoms with E-state index in [4.69, 9.17) is 10.5 Å². The number of ether oxygens (including phenoxy) is 1. The van der Waals surface area contributed by atoms with E-state index in [1.165, 1.54) is 0 Å². The quantitative estimate of drug-likeness (QED) is 0.869. The fraction of sp³-hybridized carbons (Fsp3) is 0.278. The molecule has 5 heteroatoms. The summed E-state index contributed by atoms with van der Waals surface area (Å²) in [6, 6.07) is 11.1. The van der Waals surface area contributed by atoms with Gasteiger partial charge in [0.05, 0.1) is 7.11 Å². The van der Waals surface area contributed by atoms with Gasteiger partial charge in [-0.15, -0.1) is 12.4 Å². The number of nitrogen functional groups attached to an aromatic ring is 1. The molecule has 2 aromatic rings. The maximum Gasteiger partial charge on any atom is 0.253 e. The van der Waals surface area contributed by atoms with Crippen LogP contribution >= 0.6 is 12.4 Å². The molecule has 0 aliphatic heterocycles. The molecule has 2 aromatic carbocycles. The van der Waals surface area contributed by atoms with Gasteiger partial charge in [0.25, 0.3) is 5.91 Å². The zero-order valence-electron chi connectivity index (χ0n) is 13.9. The number of anilines is 1. The van der Waals surface area contributed by atoms with Crippen molar-refractivity contribution in [2.75, 3.05) is 19.9 Å². The van der Waals surface area contributed by atoms with Crippen molar-refractivity contribution in [2.24, 2.45) is 0 Å². The van der Waals surface area contributed by atoms with E-state index in [1.807, 2.05) is 13.8 Å². The Balaban J connectivity index is 0.00000264. The first-order chi connectivity index (χ1) is 10.4. The Morgan fingerprint density at radius 1 is 1.17 bits per heavy atom. The second kappa shape index (κ2) is 7.88. The molecule has 4 nitrogen and oxygen atoms in total. The lowest BCUT2D eigenvalue weighted by molar-refractivity contribution is 0.0785. The standard InChI is InChI=1S/C18H22N2O2.ClH/c1-12-8-14(9-13(2)17(12)22-4)11-20(3)18(21)15-6-5-7-16(19)10-15;/h5-10H,11,19H2,1-4H3;1H. The van der Waals surface area contributed by atoms with E-state index < -0.39 is 0 Å². The first-order valence-corrected chi connectivity index (χ1v) is 7.17. The minimum Gasteiger partial charge on any atom is -0.496 e. The Bertz CT molecular complexity index is 678. The van der Waals surface area contributed by atoms with Gasteiger partial charge in [-0.1, -0.05) is 18.2 Å². The van der Waals surface area contributed by atoms with Gasteiger partial charge in [0, 0.05) is 24.8 Å². The summed E-state index contributed by atoms with van der Waals surface area (Å²) in [6.07, 6.45) is 0. The Kier molecular flexibility index (Phi) is 6.46. The Labute approximate surface area is 143 Å². The van der Waals surface area contributed by atoms with Crippen LogP contribution in [0.4, 0.5) is 5.69 Å². The molecule has 0 aromatic heterocycles. The van der Waals surface area contributed by atoms with Crippen LogP contribution in [-0.4, -0.2) is 25.0 Å². The number of methoxy groups -OCH3 is 1. The molecule has 2 rings (SSSR count). The second-order valence-corrected chi connectivity index (χ2v) is 5.55. The number of rotatable bonds is 4. The number of hydrogen-bond acceptors (Lipinski definition) is 3. The summed E-state index contributed by atoms with van der Waals surface area (Å²) in [5, 5.41) is 0. The average molecular weight is 335 g/mol. The van der Waals surface area contributed by atoms with Gasteiger partial charge < -0.3 is 15.4 Å². The van der Waals surface area contributed by atoms with Crippen molar-refractivity contribution in [1.29, 1.82) is 0 Å². The number of carbonyl (C=O) groups excluding carboxylic acids is 1. The molecule has 0 aliphatic rings. The van der Waals surface area contributed by atoms with Crippen molar-refractivity contribution in [3.8, 4) is 5.75 Å². The number of aryl methyl sites for hydroxylation is 2. The van der Waals surface area contributed by atoms with Crippen molar-refractivity contribution < 1.29 is 9.53 Å². The number of benzene rings is 2. The van der Waals surface area contributed by atoms with E-state index in [2.05, 4.69) is 12.1 Å². The van der Waals surface area contributed by atoms with Crippen molar-refractivity contribution >= 4 is 24.0 Å². The van der Waals surface area contributed by atoms with E-state index >= 15 is 0 Å². The molecule has 0 atom stereocenters. The number of nitrogens with zero attached hydrogens (tertiary/aromatic N) is 1. The van der Waals surface area contributed by atoms with Crippen molar-refractivity contribution in [3.05, 3.63) is 58.7 Å². The lowest BCUT2D eigenvalue weighted by Crippen LogP contribution is -2.26. The fourth-order valence-electron chi connectivity index (χ4n) is 2.69. The van der Waals surface area contributed by atoms with Gasteiger partial charge in [0.2, 0.25) is 0 Å². The van der Waals surface area contributed by atoms with Crippen molar-refractivity contribution in [2.45, 2.75) is 20.4 Å². The number of carbonyl (C=O) groups is 1. The summed E-state index contributed by atoms with van der Waals surface area (Å²) < 4.78 is 5.37. The normalized spacial score (nSPS) is 9.91. The van der Waals surface area contributed by atoms with Gasteiger partial charge in [-0.3, -0.25) is 4.79 Å². The maximum atomic E-state index is 12.4. The third-order valence-corrected chi connectivity index (χ3v) is 3.62. The number of amides is 1. The molecule has 0 fully saturated rings. The molecule has 124 valence electrons. The van der Waals surface area contributed by atoms with Crippen LogP contribution in [0.2, 0.25) is 0 Å². The Morgan fingerprint density at radius 2 is 1.78 bits per heavy atom. The van der Waals surface area contributed by atoms with Crippen LogP contribution in [-0.2, 0) is 6.54 Å². The lowest BCUT2D eigenvalue weighted by Gasteiger charge is -2.19. The number of hydrogen-bond donors (Lipinski definition) is 1. The zero-order valence-corrected chi connectivity index (χ0v) is 14.7. The number of nitrogens with two attached hydrogens (primary N) is 1. The SMILES string of the molecule is COc1c(C)cc(CN(C)C(=O)c2cccc(N)c2)cc1C.Cl. The minimum absolute atomic E-state index is 0. The van der Waals surface area contributed by atoms with E-state index in [-0.39, 0.29) is 18.3 Å². The summed E-state index contributed by atoms with van der Waals surface area (Å²) in [4.78, 5) is 14.1. The smallest absolute Gasteiger partial charge is 0.253 e. The fourth-order valence-corrected chi connectivity index (χ4v) is 2.69. The average Bonchev–Trinajstić information content (AvgIpc) is 2.46. The Morgan fingerprint density at radius 3 is 2.30 bits per heavy atom. The van der Waals surface area contributed by atoms with Crippen LogP contribution in [0.1, 0.15) is 27.0 Å². The molecule has 1 amide bonds. The summed E-state index contributed by atoms with van der Waals surface area (Å²) in [7, 11) is 3.46. The molecule has 2 N–H and O–H groups in total. The molecular formula is C18H23ClN2O2. The molecule has 0 bridgehead atoms. The van der Waals surface area contributed by atoms with Crippen LogP contribution in [0.5, 0.6) is 5.75 Å². The van der Waals surface area contributed by atoms with Crippen LogP contribution in [0.25, 0.3) is 0 Å². The Hall–Kier alpha value is -2.20. The highest BCUT2D eigenvalue weighted by Crippen LogP contribution is 2.25. The zero-order chi connectivity index (χ0) is 16.3. The van der Waals surface area contributed by atoms with Gasteiger partial charge in [-0.2, -0.15) is 0 Å². The van der Waals surface area contributed by atoms with Crippen LogP contribution in [0, 0.1) is 13.8 Å². The van der Waals surface area contributed by atoms with Crippen molar-refractivity contribution in [1.82, 2.24) is 4.90 Å². The minimum atomic E-state index is -0.0431. The summed E-state index contributed by atoms with van der Waals surface area (Å²) in [5.41, 5.74) is 10.2. The molecule has 0 saturated heterocycles. The lowest BCUT2D eigenvalue weighted by atomic mass is 10.0. The highest BCUT2D eigenvalue weighted by molar-refractivity contribution is 5.94. The number of halogens is 1. The third-order valence-electron chi connectivity index (χ3n) is 3.62. The van der Waals surface area contributed by atoms with Gasteiger partial charge >= 0.3 is 0 Å². The van der Waals surface area contributed by atoms with E-state index in [9.17, 15) is 4.79 Å². The van der Waals surface area contributed by atoms with E-state index in [0.29, 0.717) is 17.8 Å². The van der Waals surface area contributed by atoms with Gasteiger partial charge in [0.1, 0.15) is 5.75 Å². The molecule has 0 unspecified atom stereocenters. The maximum absolute atomic E-state index is 12.4. The highest BCUT2D eigenvalue weighted by atomic mass is 35.5. The third kappa shape index (κ3) is 4.39. The molecule has 0 radical (unpaired) electrons. The predicted molar refractivity (Wildman–Crippen MR) is 96.4 cm³/mol. The molecular weight excluding hydrogens is 312 g/mol. The van der Waals surface area contributed by atoms with E-state index in [1.54, 1.807) is 43.3 Å². The molecule has 0 spiro atoms. The van der Waals surface area contributed by atoms with Crippen LogP contribution in [0.3, 0.4) is 0 Å². The predicted octanol–water partition coefficient (Wildman–Crippen LogP) is 3.59. The first-order valence-electron chi connectivity index (χ1n) is 7.17. The van der Waals surface area contributed by atoms with Gasteiger partial charge in [-0.25, -0.2) is 0 Å². The van der Waals surface area contributed by atoms with E-state index in [0.717, 1.165) is 22.4 Å². The highest BCUT2D eigenvalue weighted by Gasteiger charge is 2.13. The van der Waals surface area contributed by atoms with Crippen LogP contribution < -0.4 is 10.5 Å². The summed E-state index contributed by atoms with van der Waals surface area (Å²) in [5.74, 6) is 0.854. The molecule has 23 heavy (non-hydrogen) atoms. The summed E-state index contributed by atoms with van der Waals surface area (Å²) in [6.45, 7) is 4.56. The first kappa shape index (κ1) is 18.8. The molecule has 0 aliphatic carbocycles. The largest absolute Gasteiger partial charge is 0.496 e. The molecule has 0 heterocycles. The second-order valence-electron chi connectivity index (χ2n) is 5.55. The molecule has 0 saturated carbocycles. The van der Waals surface area contributed by atoms with Crippen molar-refractivity contribution in [3.63, 3.8) is 0 Å². The topological polar surface area (TPSA) is 55.6 Å². The van der Waals surface area contributed by atoms with Crippen LogP contribution in [0.15, 0.2) is 36.4 Å². The summed E-state index contributed by atoms with van der Waals surface area (Å²) >= 11 is 0.